The van der Waals surface area contributed by atoms with Crippen LogP contribution in [0.4, 0.5) is 4.39 Å². The Labute approximate surface area is 183 Å². The van der Waals surface area contributed by atoms with Crippen LogP contribution in [-0.4, -0.2) is 26.3 Å². The highest BCUT2D eigenvalue weighted by Gasteiger charge is 2.16. The molecule has 0 aliphatic carbocycles. The summed E-state index contributed by atoms with van der Waals surface area (Å²) in [6.07, 6.45) is 3.57. The summed E-state index contributed by atoms with van der Waals surface area (Å²) < 4.78 is 42.9. The van der Waals surface area contributed by atoms with Gasteiger partial charge in [-0.25, -0.2) is 17.8 Å². The Morgan fingerprint density at radius 1 is 1.06 bits per heavy atom. The number of rotatable bonds is 9. The van der Waals surface area contributed by atoms with Crippen LogP contribution in [0.15, 0.2) is 59.5 Å². The first-order valence-electron chi connectivity index (χ1n) is 10.2. The molecule has 0 atom stereocenters. The minimum absolute atomic E-state index is 0.253. The van der Waals surface area contributed by atoms with Crippen molar-refractivity contribution in [1.29, 1.82) is 0 Å². The molecule has 1 heterocycles. The van der Waals surface area contributed by atoms with E-state index in [0.717, 1.165) is 40.8 Å². The van der Waals surface area contributed by atoms with Crippen LogP contribution >= 0.6 is 0 Å². The van der Waals surface area contributed by atoms with Gasteiger partial charge in [0.15, 0.2) is 9.84 Å². The molecule has 0 radical (unpaired) electrons. The Morgan fingerprint density at radius 3 is 2.32 bits per heavy atom. The first-order chi connectivity index (χ1) is 14.8. The van der Waals surface area contributed by atoms with E-state index in [-0.39, 0.29) is 17.3 Å². The van der Waals surface area contributed by atoms with Gasteiger partial charge in [-0.05, 0) is 47.9 Å². The summed E-state index contributed by atoms with van der Waals surface area (Å²) >= 11 is 0. The second kappa shape index (κ2) is 10.0. The normalized spacial score (nSPS) is 11.5. The molecule has 31 heavy (non-hydrogen) atoms. The maximum absolute atomic E-state index is 13.3. The zero-order chi connectivity index (χ0) is 22.4. The van der Waals surface area contributed by atoms with Gasteiger partial charge in [-0.2, -0.15) is 0 Å². The fraction of sp³-hybridized carbons (Fsp3) is 0.292. The summed E-state index contributed by atoms with van der Waals surface area (Å²) in [5.41, 5.74) is 10.1. The average Bonchev–Trinajstić information content (AvgIpc) is 2.75. The monoisotopic (exact) mass is 442 g/mol. The van der Waals surface area contributed by atoms with Gasteiger partial charge >= 0.3 is 0 Å². The van der Waals surface area contributed by atoms with E-state index < -0.39 is 9.84 Å². The fourth-order valence-electron chi connectivity index (χ4n) is 3.22. The minimum Gasteiger partial charge on any atom is -0.477 e. The van der Waals surface area contributed by atoms with Gasteiger partial charge < -0.3 is 10.5 Å². The predicted molar refractivity (Wildman–Crippen MR) is 120 cm³/mol. The second-order valence-corrected chi connectivity index (χ2v) is 9.47. The van der Waals surface area contributed by atoms with Crippen LogP contribution in [0.25, 0.3) is 11.1 Å². The van der Waals surface area contributed by atoms with Crippen LogP contribution in [0, 0.1) is 5.82 Å². The van der Waals surface area contributed by atoms with Crippen LogP contribution in [-0.2, 0) is 22.8 Å². The number of hydrogen-bond acceptors (Lipinski definition) is 5. The molecular weight excluding hydrogens is 415 g/mol. The highest BCUT2D eigenvalue weighted by molar-refractivity contribution is 7.90. The third kappa shape index (κ3) is 5.89. The smallest absolute Gasteiger partial charge is 0.218 e. The van der Waals surface area contributed by atoms with E-state index in [1.807, 2.05) is 6.07 Å². The first kappa shape index (κ1) is 22.9. The van der Waals surface area contributed by atoms with Gasteiger partial charge in [0.2, 0.25) is 5.88 Å². The largest absolute Gasteiger partial charge is 0.477 e. The topological polar surface area (TPSA) is 82.3 Å². The van der Waals surface area contributed by atoms with Crippen LogP contribution in [0.1, 0.15) is 36.6 Å². The SMILES string of the molecule is CCCCOc1nc(Cc2ccc(F)cc2)c(-c2ccc(S(C)(=O)=O)cc2)cc1CN. The molecular formula is C24H27FN2O3S. The standard InChI is InChI=1S/C24H27FN2O3S/c1-3-4-13-30-24-19(16-26)15-22(18-7-11-21(12-8-18)31(2,28)29)23(27-24)14-17-5-9-20(25)10-6-17/h5-12,15H,3-4,13-14,16,26H2,1-2H3. The van der Waals surface area contributed by atoms with Crippen molar-refractivity contribution >= 4 is 9.84 Å². The number of hydrogen-bond donors (Lipinski definition) is 1. The second-order valence-electron chi connectivity index (χ2n) is 7.45. The Balaban J connectivity index is 2.07. The van der Waals surface area contributed by atoms with Gasteiger partial charge in [0.05, 0.1) is 17.2 Å². The number of sulfone groups is 1. The van der Waals surface area contributed by atoms with Gasteiger partial charge in [0, 0.05) is 30.3 Å². The Kier molecular flexibility index (Phi) is 7.41. The molecule has 0 fully saturated rings. The molecule has 3 aromatic rings. The summed E-state index contributed by atoms with van der Waals surface area (Å²) in [4.78, 5) is 5.02. The van der Waals surface area contributed by atoms with Gasteiger partial charge in [-0.3, -0.25) is 0 Å². The maximum atomic E-state index is 13.3. The number of nitrogens with two attached hydrogens (primary N) is 1. The van der Waals surface area contributed by atoms with Gasteiger partial charge in [0.1, 0.15) is 5.82 Å². The van der Waals surface area contributed by atoms with Crippen molar-refractivity contribution in [1.82, 2.24) is 4.98 Å². The number of halogens is 1. The summed E-state index contributed by atoms with van der Waals surface area (Å²) in [6, 6.07) is 14.9. The molecule has 5 nitrogen and oxygen atoms in total. The lowest BCUT2D eigenvalue weighted by atomic mass is 9.97. The number of nitrogens with zero attached hydrogens (tertiary/aromatic N) is 1. The molecule has 0 amide bonds. The van der Waals surface area contributed by atoms with E-state index in [0.29, 0.717) is 18.9 Å². The molecule has 0 saturated carbocycles. The molecule has 0 saturated heterocycles. The van der Waals surface area contributed by atoms with E-state index in [1.165, 1.54) is 18.4 Å². The van der Waals surface area contributed by atoms with Gasteiger partial charge in [-0.1, -0.05) is 37.6 Å². The fourth-order valence-corrected chi connectivity index (χ4v) is 3.85. The number of unbranched alkanes of at least 4 members (excludes halogenated alkanes) is 1. The number of aromatic nitrogens is 1. The predicted octanol–water partition coefficient (Wildman–Crippen LogP) is 4.52. The van der Waals surface area contributed by atoms with Gasteiger partial charge in [0.25, 0.3) is 0 Å². The van der Waals surface area contributed by atoms with Crippen molar-refractivity contribution in [2.45, 2.75) is 37.6 Å². The third-order valence-electron chi connectivity index (χ3n) is 4.98. The number of benzene rings is 2. The Hall–Kier alpha value is -2.77. The van der Waals surface area contributed by atoms with E-state index >= 15 is 0 Å². The van der Waals surface area contributed by atoms with Crippen molar-refractivity contribution in [2.24, 2.45) is 5.73 Å². The molecule has 3 rings (SSSR count). The summed E-state index contributed by atoms with van der Waals surface area (Å²) in [7, 11) is -3.29. The average molecular weight is 443 g/mol. The van der Waals surface area contributed by atoms with Crippen molar-refractivity contribution in [2.75, 3.05) is 12.9 Å². The zero-order valence-corrected chi connectivity index (χ0v) is 18.6. The molecule has 164 valence electrons. The highest BCUT2D eigenvalue weighted by Crippen LogP contribution is 2.31. The molecule has 0 spiro atoms. The lowest BCUT2D eigenvalue weighted by Crippen LogP contribution is -2.09. The zero-order valence-electron chi connectivity index (χ0n) is 17.8. The Bertz CT molecular complexity index is 1130. The highest BCUT2D eigenvalue weighted by atomic mass is 32.2. The minimum atomic E-state index is -3.29. The van der Waals surface area contributed by atoms with Crippen molar-refractivity contribution in [3.63, 3.8) is 0 Å². The van der Waals surface area contributed by atoms with E-state index in [9.17, 15) is 12.8 Å². The van der Waals surface area contributed by atoms with Crippen LogP contribution in [0.2, 0.25) is 0 Å². The van der Waals surface area contributed by atoms with Crippen molar-refractivity contribution in [3.05, 3.63) is 77.2 Å². The summed E-state index contributed by atoms with van der Waals surface area (Å²) in [6.45, 7) is 2.90. The first-order valence-corrected chi connectivity index (χ1v) is 12.1. The molecule has 0 unspecified atom stereocenters. The lowest BCUT2D eigenvalue weighted by molar-refractivity contribution is 0.294. The summed E-state index contributed by atoms with van der Waals surface area (Å²) in [5.74, 6) is 0.208. The molecule has 2 N–H and O–H groups in total. The summed E-state index contributed by atoms with van der Waals surface area (Å²) in [5, 5.41) is 0. The number of ether oxygens (including phenoxy) is 1. The molecule has 2 aromatic carbocycles. The lowest BCUT2D eigenvalue weighted by Gasteiger charge is -2.16. The van der Waals surface area contributed by atoms with E-state index in [2.05, 4.69) is 6.92 Å². The van der Waals surface area contributed by atoms with E-state index in [1.54, 1.807) is 36.4 Å². The number of pyridine rings is 1. The van der Waals surface area contributed by atoms with E-state index in [4.69, 9.17) is 15.5 Å². The van der Waals surface area contributed by atoms with Crippen LogP contribution in [0.5, 0.6) is 5.88 Å². The molecule has 0 aliphatic rings. The van der Waals surface area contributed by atoms with Gasteiger partial charge in [-0.15, -0.1) is 0 Å². The molecule has 0 aliphatic heterocycles. The molecule has 1 aromatic heterocycles. The van der Waals surface area contributed by atoms with Crippen molar-refractivity contribution < 1.29 is 17.5 Å². The molecule has 0 bridgehead atoms. The third-order valence-corrected chi connectivity index (χ3v) is 6.10. The maximum Gasteiger partial charge on any atom is 0.218 e. The van der Waals surface area contributed by atoms with Crippen LogP contribution in [0.3, 0.4) is 0 Å². The molecule has 7 heteroatoms. The van der Waals surface area contributed by atoms with Crippen LogP contribution < -0.4 is 10.5 Å². The Morgan fingerprint density at radius 2 is 1.74 bits per heavy atom. The van der Waals surface area contributed by atoms with Crippen molar-refractivity contribution in [3.8, 4) is 17.0 Å². The quantitative estimate of drug-likeness (QED) is 0.493.